The number of aliphatic hydroxyl groups excluding tert-OH is 9. The highest BCUT2D eigenvalue weighted by molar-refractivity contribution is 7.73. The first-order valence-electron chi connectivity index (χ1n) is 45.3. The molecule has 0 aromatic carbocycles. The molecule has 11 aliphatic heterocycles. The number of rotatable bonds is 28. The van der Waals surface area contributed by atoms with Crippen molar-refractivity contribution in [3.63, 3.8) is 0 Å². The van der Waals surface area contributed by atoms with Gasteiger partial charge in [0.1, 0.15) is 126 Å². The Bertz CT molecular complexity index is 5150. The minimum absolute atomic E-state index is 0.0165. The Kier molecular flexibility index (Phi) is 42.5. The lowest BCUT2D eigenvalue weighted by Crippen LogP contribution is -2.43. The van der Waals surface area contributed by atoms with E-state index < -0.39 is 146 Å². The van der Waals surface area contributed by atoms with E-state index >= 15 is 0 Å². The van der Waals surface area contributed by atoms with Gasteiger partial charge in [-0.1, -0.05) is 52.5 Å². The van der Waals surface area contributed by atoms with Crippen LogP contribution in [0.4, 0.5) is 0 Å². The Morgan fingerprint density at radius 1 is 0.384 bits per heavy atom. The smallest absolute Gasteiger partial charge is 0.222 e. The van der Waals surface area contributed by atoms with Crippen LogP contribution in [0, 0.1) is 5.92 Å². The molecule has 38 nitrogen and oxygen atoms in total. The molecular formula is C94H158N18O20P6. The molecule has 11 heterocycles. The van der Waals surface area contributed by atoms with Crippen molar-refractivity contribution in [2.75, 3.05) is 145 Å². The second-order valence-corrected chi connectivity index (χ2v) is 65.8. The summed E-state index contributed by atoms with van der Waals surface area (Å²) >= 11 is 0. The molecule has 23 atom stereocenters. The topological polar surface area (TPSA) is 521 Å². The standard InChI is InChI=1S/C17H28N3O4P.C16H28N3O4P.C16H26N3O4P.C15H26N3O4P.C15H26N3O2P.C15H24N3O2P/c1-11-18-14(19-12(2)21)7-9-20(11)17-16(23-3)15(22)13(24-17)8-10-25(4,5)6;1-10-18-15(17)12(21-2)9-19(10)16-14(22-3)13(20)11(23-16)7-8-24(4,5)6;1-10-17-13(18-11(2)20)6-8-19(10)16-15(22)14(21)12(23-16)7-9-24(3,4)5;1-9-17-14(16)11(21-2)8-18(9)15-13(20)12(19)10(22-15)6-7-23(3,4)5;1-10-14(19)12(7-9-21(3,4)5)20-15(10)18-8-6-13(16)17-11(18)2;1-10-17-13(16)5-7-18(10)12-9-11(14(19)15(12)20)6-8-21(2,3)4/h7,9,13,15-17,22H,1,4,8,10H2,2-3,5-6H3,(H,18,19,21);9,11,13-14,16,20H,1,4,7-8H2,2-3,5-6H3,(H2,17,18);6,8,12,14-16,21-22H,1,3,7,9H2,2,4-5H3,(H,17,18,20);8,10,12-13,15,19-20H,1,3,6-7H2,2,4-5H3,(H2,16,17);6,8,10,12,14-15,19H,2-3,7,9H2,1,4-5H3,(H2,16,17);5,7,9,12,14-15,19-20H,1-2,6,8H2,3-4H3,(H2,16,17)/t13-,15-,16-,17?;11-,13-,14-,16?;12-,14-,15-,16?;10-,12-,13-,15?;10-,12-,14+,15?;12?,14-,15+/m111111/s1. The predicted molar refractivity (Wildman–Crippen MR) is 574 cm³/mol. The monoisotopic (exact) mass is 2050 g/mol. The van der Waals surface area contributed by atoms with Gasteiger partial charge in [0, 0.05) is 58.8 Å². The fourth-order valence-corrected chi connectivity index (χ4v) is 21.6. The van der Waals surface area contributed by atoms with Crippen LogP contribution in [-0.4, -0.2) is 440 Å². The van der Waals surface area contributed by atoms with E-state index in [1.165, 1.54) is 33.0 Å². The van der Waals surface area contributed by atoms with Gasteiger partial charge in [-0.15, -0.1) is 79.1 Å². The van der Waals surface area contributed by atoms with Crippen molar-refractivity contribution in [3.05, 3.63) is 159 Å². The number of nitrogens with zero attached hydrogens (tertiary/aromatic N) is 12. The van der Waals surface area contributed by atoms with Gasteiger partial charge in [-0.25, -0.2) is 30.0 Å². The zero-order valence-corrected chi connectivity index (χ0v) is 89.3. The first kappa shape index (κ1) is 117. The Morgan fingerprint density at radius 3 is 1.01 bits per heavy atom. The fourth-order valence-electron chi connectivity index (χ4n) is 16.0. The molecule has 0 bridgehead atoms. The van der Waals surface area contributed by atoms with E-state index in [0.717, 1.165) is 68.2 Å². The van der Waals surface area contributed by atoms with Gasteiger partial charge in [-0.05, 0) is 185 Å². The van der Waals surface area contributed by atoms with Gasteiger partial charge >= 0.3 is 0 Å². The Morgan fingerprint density at radius 2 is 0.674 bits per heavy atom. The Hall–Kier alpha value is -7.66. The first-order chi connectivity index (χ1) is 63.9. The second kappa shape index (κ2) is 50.0. The summed E-state index contributed by atoms with van der Waals surface area (Å²) in [6, 6.07) is -0.359. The summed E-state index contributed by atoms with van der Waals surface area (Å²) in [6.07, 6.45) is 40.3. The Balaban J connectivity index is 0.000000226. The summed E-state index contributed by atoms with van der Waals surface area (Å²) in [5.41, 5.74) is 23.7. The molecule has 0 radical (unpaired) electrons. The largest absolute Gasteiger partial charge is 0.491 e. The van der Waals surface area contributed by atoms with E-state index in [1.807, 2.05) is 24.1 Å². The van der Waals surface area contributed by atoms with Crippen molar-refractivity contribution in [2.24, 2.45) is 58.8 Å². The maximum atomic E-state index is 11.1. The summed E-state index contributed by atoms with van der Waals surface area (Å²) in [5, 5.41) is 98.5. The van der Waals surface area contributed by atoms with Crippen molar-refractivity contribution in [3.8, 4) is 0 Å². The molecule has 12 aliphatic rings. The molecule has 0 aromatic heterocycles. The number of carbonyl (C=O) groups is 2. The van der Waals surface area contributed by atoms with Gasteiger partial charge in [0.15, 0.2) is 48.1 Å². The number of carbonyl (C=O) groups excluding carboxylic acids is 2. The van der Waals surface area contributed by atoms with Gasteiger partial charge in [0.25, 0.3) is 0 Å². The van der Waals surface area contributed by atoms with Gasteiger partial charge in [0.05, 0.1) is 69.3 Å². The SMILES string of the molecule is C=C1N=C(N)C(OC)=CN1C1O[C@H](CCP(=C)(C)C)[C@@H](O)[C@H]1O.C=C1N=C(N)C(OC)=CN1C1O[C@H](CCP(=C)(C)C)[C@@H](O)[C@H]1OC.C=C1N=C(N)C=CN1C1C=C(CCP(=C)(C)C)[C@@H](O)[C@H]1O.C=C1N=C(N)C=CN1C1O[C@H](CCP(=C)(C)C)[C@@H](O)[C@H]1C.C=C1N=C(NC(C)=O)C=CN1C1O[C@H](CCP(=C)(C)C)[C@@H](O)[C@H]1O.C=C1N=C(NC(C)=O)C=CN1C1O[C@H](CCP(=C)(C)C)[C@@H](O)[C@H]1OC. The molecule has 0 spiro atoms. The minimum Gasteiger partial charge on any atom is -0.491 e. The molecular weight excluding hydrogens is 1890 g/mol. The number of ether oxygens (including phenoxy) is 9. The third-order valence-corrected chi connectivity index (χ3v) is 32.5. The highest BCUT2D eigenvalue weighted by Crippen LogP contribution is 2.47. The predicted octanol–water partition coefficient (Wildman–Crippen LogP) is 4.61. The maximum Gasteiger partial charge on any atom is 0.222 e. The first-order valence-corrected chi connectivity index (χ1v) is 63.6. The molecule has 2 amide bonds. The molecule has 138 heavy (non-hydrogen) atoms. The summed E-state index contributed by atoms with van der Waals surface area (Å²) in [7, 11) is 6.09. The molecule has 44 heteroatoms. The number of aliphatic imine (C=N–C) groups is 6. The van der Waals surface area contributed by atoms with E-state index in [0.29, 0.717) is 82.6 Å². The molecule has 19 N–H and O–H groups in total. The average molecular weight is 2050 g/mol. The Labute approximate surface area is 817 Å². The molecule has 5 saturated heterocycles. The molecule has 0 saturated carbocycles. The van der Waals surface area contributed by atoms with Crippen molar-refractivity contribution in [1.82, 2.24) is 40.0 Å². The van der Waals surface area contributed by atoms with Crippen LogP contribution in [0.25, 0.3) is 0 Å². The highest BCUT2D eigenvalue weighted by atomic mass is 31.2. The third kappa shape index (κ3) is 33.7. The third-order valence-electron chi connectivity index (χ3n) is 23.7. The summed E-state index contributed by atoms with van der Waals surface area (Å²) in [6.45, 7) is 46.7. The number of nitrogens with one attached hydrogen (secondary N) is 2. The molecule has 0 aromatic rings. The lowest BCUT2D eigenvalue weighted by atomic mass is 10.00. The number of nitrogens with two attached hydrogens (primary N) is 4. The van der Waals surface area contributed by atoms with Crippen LogP contribution in [0.15, 0.2) is 189 Å². The van der Waals surface area contributed by atoms with Crippen LogP contribution >= 0.6 is 41.3 Å². The van der Waals surface area contributed by atoms with Crippen molar-refractivity contribution >= 4 is 126 Å². The molecule has 5 fully saturated rings. The summed E-state index contributed by atoms with van der Waals surface area (Å²) < 4.78 is 51.3. The van der Waals surface area contributed by atoms with Crippen LogP contribution in [-0.2, 0) is 52.2 Å². The van der Waals surface area contributed by atoms with Crippen LogP contribution in [0.5, 0.6) is 0 Å². The highest BCUT2D eigenvalue weighted by Gasteiger charge is 2.52. The lowest BCUT2D eigenvalue weighted by Gasteiger charge is -2.32. The van der Waals surface area contributed by atoms with Gasteiger partial charge < -0.3 is 152 Å². The fraction of sp³-hybridized carbons (Fsp3) is 0.574. The van der Waals surface area contributed by atoms with E-state index in [4.69, 9.17) is 65.6 Å². The minimum atomic E-state index is -1.23. The normalized spacial score (nSPS) is 31.0. The van der Waals surface area contributed by atoms with E-state index in [2.05, 4.69) is 198 Å². The molecule has 774 valence electrons. The molecule has 1 aliphatic carbocycles. The van der Waals surface area contributed by atoms with Crippen LogP contribution in [0.1, 0.15) is 59.3 Å². The van der Waals surface area contributed by atoms with Gasteiger partial charge in [-0.3, -0.25) is 9.59 Å². The van der Waals surface area contributed by atoms with E-state index in [-0.39, 0.29) is 60.0 Å². The van der Waals surface area contributed by atoms with Gasteiger partial charge in [0.2, 0.25) is 11.8 Å². The van der Waals surface area contributed by atoms with E-state index in [9.17, 15) is 55.5 Å². The second-order valence-electron chi connectivity index (χ2n) is 39.9. The zero-order valence-electron chi connectivity index (χ0n) is 84.0. The number of amides is 2. The maximum absolute atomic E-state index is 11.1. The number of hydrogen-bond donors (Lipinski definition) is 15. The zero-order chi connectivity index (χ0) is 104. The number of hydrogen-bond acceptors (Lipinski definition) is 36. The van der Waals surface area contributed by atoms with Crippen LogP contribution < -0.4 is 33.6 Å². The van der Waals surface area contributed by atoms with Gasteiger partial charge in [-0.2, -0.15) is 0 Å². The summed E-state index contributed by atoms with van der Waals surface area (Å²) in [4.78, 5) is 57.2. The van der Waals surface area contributed by atoms with Crippen molar-refractivity contribution in [2.45, 2.75) is 194 Å². The molecule has 6 unspecified atom stereocenters. The number of methoxy groups -OCH3 is 4. The van der Waals surface area contributed by atoms with Crippen LogP contribution in [0.3, 0.4) is 0 Å². The average Bonchev–Trinajstić information content (AvgIpc) is 1.65. The number of aliphatic hydroxyl groups is 9. The van der Waals surface area contributed by atoms with Crippen molar-refractivity contribution in [1.29, 1.82) is 0 Å². The lowest BCUT2D eigenvalue weighted by molar-refractivity contribution is -0.118. The molecule has 12 rings (SSSR count). The summed E-state index contributed by atoms with van der Waals surface area (Å²) in [5.74, 6) is 4.89. The van der Waals surface area contributed by atoms with E-state index in [1.54, 1.807) is 89.1 Å². The number of amidine groups is 6. The quantitative estimate of drug-likeness (QED) is 0.0375. The van der Waals surface area contributed by atoms with Crippen LogP contribution in [0.2, 0.25) is 0 Å². The van der Waals surface area contributed by atoms with Crippen molar-refractivity contribution < 1.29 is 98.2 Å².